The van der Waals surface area contributed by atoms with Gasteiger partial charge in [-0.15, -0.1) is 0 Å². The van der Waals surface area contributed by atoms with Crippen LogP contribution in [0.5, 0.6) is 0 Å². The second-order valence-corrected chi connectivity index (χ2v) is 1.16. The highest BCUT2D eigenvalue weighted by molar-refractivity contribution is 5.16. The van der Waals surface area contributed by atoms with Crippen molar-refractivity contribution in [2.45, 2.75) is 19.8 Å². The topological polar surface area (TPSA) is 23.8 Å². The summed E-state index contributed by atoms with van der Waals surface area (Å²) in [6.07, 6.45) is 1.88. The molecule has 0 atom stereocenters. The predicted octanol–water partition coefficient (Wildman–Crippen LogP) is 1.31. The lowest BCUT2D eigenvalue weighted by molar-refractivity contribution is 0.983. The van der Waals surface area contributed by atoms with Crippen LogP contribution in [0.3, 0.4) is 0 Å². The van der Waals surface area contributed by atoms with E-state index in [0.29, 0.717) is 0 Å². The molecule has 0 unspecified atom stereocenters. The zero-order chi connectivity index (χ0) is 5.54. The molecular formula is C6H7N. The van der Waals surface area contributed by atoms with Crippen molar-refractivity contribution < 1.29 is 0 Å². The van der Waals surface area contributed by atoms with Gasteiger partial charge in [-0.2, -0.15) is 5.26 Å². The second kappa shape index (κ2) is 5.05. The third-order valence-electron chi connectivity index (χ3n) is 0.519. The number of unbranched alkanes of at least 4 members (excludes halogenated alkanes) is 1. The minimum absolute atomic E-state index is 0.841. The smallest absolute Gasteiger partial charge is 0.152 e. The predicted molar refractivity (Wildman–Crippen MR) is 28.3 cm³/mol. The summed E-state index contributed by atoms with van der Waals surface area (Å²) in [5.41, 5.74) is 0. The maximum absolute atomic E-state index is 7.87. The van der Waals surface area contributed by atoms with E-state index in [0.717, 1.165) is 12.8 Å². The molecule has 0 heterocycles. The molecule has 0 fully saturated rings. The van der Waals surface area contributed by atoms with Crippen LogP contribution in [0.15, 0.2) is 0 Å². The largest absolute Gasteiger partial charge is 0.183 e. The van der Waals surface area contributed by atoms with Gasteiger partial charge in [0.05, 0.1) is 0 Å². The van der Waals surface area contributed by atoms with Gasteiger partial charge >= 0.3 is 0 Å². The van der Waals surface area contributed by atoms with Crippen LogP contribution in [0.4, 0.5) is 0 Å². The molecule has 36 valence electrons. The van der Waals surface area contributed by atoms with Crippen molar-refractivity contribution in [2.75, 3.05) is 0 Å². The van der Waals surface area contributed by atoms with Gasteiger partial charge in [-0.25, -0.2) is 0 Å². The molecule has 0 bridgehead atoms. The number of nitriles is 1. The summed E-state index contributed by atoms with van der Waals surface area (Å²) < 4.78 is 0. The quantitative estimate of drug-likeness (QED) is 0.448. The van der Waals surface area contributed by atoms with Crippen molar-refractivity contribution in [3.63, 3.8) is 0 Å². The number of hydrogen-bond donors (Lipinski definition) is 0. The monoisotopic (exact) mass is 93.1 g/mol. The van der Waals surface area contributed by atoms with E-state index in [4.69, 9.17) is 5.26 Å². The van der Waals surface area contributed by atoms with Crippen LogP contribution < -0.4 is 0 Å². The van der Waals surface area contributed by atoms with Crippen LogP contribution in [-0.4, -0.2) is 0 Å². The first-order chi connectivity index (χ1) is 3.41. The summed E-state index contributed by atoms with van der Waals surface area (Å²) in [6.45, 7) is 2.03. The normalized spacial score (nSPS) is 5.71. The molecular weight excluding hydrogens is 86.1 g/mol. The van der Waals surface area contributed by atoms with E-state index in [9.17, 15) is 0 Å². The Balaban J connectivity index is 3.13. The molecule has 0 aliphatic rings. The summed E-state index contributed by atoms with van der Waals surface area (Å²) in [7, 11) is 0. The third-order valence-corrected chi connectivity index (χ3v) is 0.519. The van der Waals surface area contributed by atoms with E-state index >= 15 is 0 Å². The van der Waals surface area contributed by atoms with Crippen molar-refractivity contribution in [1.29, 1.82) is 5.26 Å². The maximum atomic E-state index is 7.87. The molecule has 0 saturated heterocycles. The summed E-state index contributed by atoms with van der Waals surface area (Å²) >= 11 is 0. The molecule has 1 nitrogen and oxygen atoms in total. The standard InChI is InChI=1S/C6H7N/c1-2-3-4-5-6-7/h2-3H2,1H3. The number of rotatable bonds is 1. The molecule has 7 heavy (non-hydrogen) atoms. The molecule has 0 rings (SSSR count). The minimum atomic E-state index is 0.841. The Hall–Kier alpha value is -0.950. The highest BCUT2D eigenvalue weighted by atomic mass is 14.2. The number of nitrogens with zero attached hydrogens (tertiary/aromatic N) is 1. The van der Waals surface area contributed by atoms with Crippen molar-refractivity contribution in [3.05, 3.63) is 0 Å². The fourth-order valence-electron chi connectivity index (χ4n) is 0.227. The van der Waals surface area contributed by atoms with Crippen LogP contribution in [0.25, 0.3) is 0 Å². The average Bonchev–Trinajstić information content (AvgIpc) is 1.69. The molecule has 0 radical (unpaired) electrons. The van der Waals surface area contributed by atoms with Crippen LogP contribution in [-0.2, 0) is 0 Å². The average molecular weight is 93.1 g/mol. The molecule has 0 aromatic rings. The van der Waals surface area contributed by atoms with Gasteiger partial charge in [-0.1, -0.05) is 12.8 Å². The maximum Gasteiger partial charge on any atom is 0.152 e. The third kappa shape index (κ3) is 5.05. The minimum Gasteiger partial charge on any atom is -0.183 e. The van der Waals surface area contributed by atoms with Crippen LogP contribution in [0.2, 0.25) is 0 Å². The molecule has 0 amide bonds. The van der Waals surface area contributed by atoms with Crippen molar-refractivity contribution in [1.82, 2.24) is 0 Å². The highest BCUT2D eigenvalue weighted by Crippen LogP contribution is 1.79. The molecule has 0 aliphatic carbocycles. The van der Waals surface area contributed by atoms with E-state index in [2.05, 4.69) is 11.8 Å². The first kappa shape index (κ1) is 6.05. The zero-order valence-electron chi connectivity index (χ0n) is 4.36. The van der Waals surface area contributed by atoms with Crippen LogP contribution in [0.1, 0.15) is 19.8 Å². The summed E-state index contributed by atoms with van der Waals surface area (Å²) in [6, 6.07) is 1.74. The lowest BCUT2D eigenvalue weighted by Crippen LogP contribution is -1.58. The fraction of sp³-hybridized carbons (Fsp3) is 0.500. The molecule has 0 aliphatic heterocycles. The summed E-state index contributed by atoms with van der Waals surface area (Å²) in [5, 5.41) is 7.87. The first-order valence-electron chi connectivity index (χ1n) is 2.28. The fourth-order valence-corrected chi connectivity index (χ4v) is 0.227. The van der Waals surface area contributed by atoms with Gasteiger partial charge in [0, 0.05) is 12.3 Å². The van der Waals surface area contributed by atoms with E-state index in [1.807, 2.05) is 6.92 Å². The summed E-state index contributed by atoms with van der Waals surface area (Å²) in [4.78, 5) is 0. The van der Waals surface area contributed by atoms with Gasteiger partial charge in [0.2, 0.25) is 0 Å². The zero-order valence-corrected chi connectivity index (χ0v) is 4.36. The summed E-state index contributed by atoms with van der Waals surface area (Å²) in [5.74, 6) is 4.98. The Labute approximate surface area is 44.0 Å². The van der Waals surface area contributed by atoms with Crippen LogP contribution in [0, 0.1) is 23.2 Å². The molecule has 1 heteroatoms. The number of hydrogen-bond acceptors (Lipinski definition) is 1. The highest BCUT2D eigenvalue weighted by Gasteiger charge is 1.65. The lowest BCUT2D eigenvalue weighted by atomic mass is 10.3. The Kier molecular flexibility index (Phi) is 4.36. The van der Waals surface area contributed by atoms with Gasteiger partial charge in [-0.3, -0.25) is 0 Å². The molecule has 0 aromatic carbocycles. The Morgan fingerprint density at radius 1 is 1.57 bits per heavy atom. The van der Waals surface area contributed by atoms with E-state index < -0.39 is 0 Å². The van der Waals surface area contributed by atoms with Gasteiger partial charge in [0.1, 0.15) is 0 Å². The van der Waals surface area contributed by atoms with Gasteiger partial charge in [0.25, 0.3) is 0 Å². The lowest BCUT2D eigenvalue weighted by Gasteiger charge is -1.70. The second-order valence-electron chi connectivity index (χ2n) is 1.16. The molecule has 0 spiro atoms. The van der Waals surface area contributed by atoms with Gasteiger partial charge in [0.15, 0.2) is 6.07 Å². The molecule has 0 N–H and O–H groups in total. The Morgan fingerprint density at radius 2 is 2.29 bits per heavy atom. The Morgan fingerprint density at radius 3 is 2.71 bits per heavy atom. The van der Waals surface area contributed by atoms with E-state index in [1.165, 1.54) is 0 Å². The van der Waals surface area contributed by atoms with E-state index in [1.54, 1.807) is 6.07 Å². The van der Waals surface area contributed by atoms with Gasteiger partial charge in [-0.05, 0) is 6.42 Å². The molecule has 0 saturated carbocycles. The van der Waals surface area contributed by atoms with E-state index in [-0.39, 0.29) is 0 Å². The van der Waals surface area contributed by atoms with Crippen LogP contribution >= 0.6 is 0 Å². The molecule has 0 aromatic heterocycles. The first-order valence-corrected chi connectivity index (χ1v) is 2.28. The van der Waals surface area contributed by atoms with Gasteiger partial charge < -0.3 is 0 Å². The SMILES string of the molecule is CCCC#CC#N. The van der Waals surface area contributed by atoms with Crippen molar-refractivity contribution in [3.8, 4) is 17.9 Å². The van der Waals surface area contributed by atoms with Crippen molar-refractivity contribution in [2.24, 2.45) is 0 Å². The van der Waals surface area contributed by atoms with Crippen molar-refractivity contribution >= 4 is 0 Å². The Bertz CT molecular complexity index is 119.